The van der Waals surface area contributed by atoms with Crippen molar-refractivity contribution in [3.8, 4) is 5.75 Å². The Balaban J connectivity index is 1.98. The molecule has 1 aromatic heterocycles. The first-order valence-electron chi connectivity index (χ1n) is 6.78. The Morgan fingerprint density at radius 1 is 1.27 bits per heavy atom. The molecule has 0 saturated heterocycles. The summed E-state index contributed by atoms with van der Waals surface area (Å²) in [5.41, 5.74) is 0.512. The molecule has 0 aliphatic carbocycles. The van der Waals surface area contributed by atoms with Gasteiger partial charge in [-0.1, -0.05) is 18.2 Å². The number of aryl methyl sites for hydroxylation is 1. The molecule has 1 aromatic carbocycles. The molecule has 22 heavy (non-hydrogen) atoms. The topological polar surface area (TPSA) is 75.6 Å². The van der Waals surface area contributed by atoms with Crippen LogP contribution in [-0.2, 0) is 16.0 Å². The van der Waals surface area contributed by atoms with Crippen molar-refractivity contribution in [3.05, 3.63) is 52.2 Å². The average molecular weight is 319 g/mol. The highest BCUT2D eigenvalue weighted by molar-refractivity contribution is 7.09. The number of aliphatic carboxylic acids is 1. The van der Waals surface area contributed by atoms with Crippen LogP contribution in [0.15, 0.2) is 41.8 Å². The summed E-state index contributed by atoms with van der Waals surface area (Å²) in [5.74, 6) is -0.733. The first-order chi connectivity index (χ1) is 10.6. The second-order valence-electron chi connectivity index (χ2n) is 4.69. The molecule has 0 spiro atoms. The van der Waals surface area contributed by atoms with Crippen molar-refractivity contribution in [3.63, 3.8) is 0 Å². The minimum absolute atomic E-state index is 0.264. The predicted molar refractivity (Wildman–Crippen MR) is 84.2 cm³/mol. The molecule has 0 aliphatic rings. The van der Waals surface area contributed by atoms with E-state index in [-0.39, 0.29) is 12.3 Å². The summed E-state index contributed by atoms with van der Waals surface area (Å²) < 4.78 is 5.04. The van der Waals surface area contributed by atoms with Crippen LogP contribution < -0.4 is 10.1 Å². The Kier molecular flexibility index (Phi) is 5.55. The minimum Gasteiger partial charge on any atom is -0.497 e. The van der Waals surface area contributed by atoms with Gasteiger partial charge >= 0.3 is 5.97 Å². The van der Waals surface area contributed by atoms with Crippen molar-refractivity contribution in [1.82, 2.24) is 5.32 Å². The summed E-state index contributed by atoms with van der Waals surface area (Å²) in [5, 5.41) is 13.8. The van der Waals surface area contributed by atoms with Crippen LogP contribution >= 0.6 is 11.3 Å². The summed E-state index contributed by atoms with van der Waals surface area (Å²) in [4.78, 5) is 24.4. The number of carboxylic acid groups (broad SMARTS) is 1. The standard InChI is InChI=1S/C16H17NO4S/c1-21-12-6-4-11(5-7-12)15(16(19)20)17-14(18)9-8-13-3-2-10-22-13/h2-7,10,15H,8-9H2,1H3,(H,17,18)(H,19,20). The lowest BCUT2D eigenvalue weighted by Gasteiger charge is -2.15. The lowest BCUT2D eigenvalue weighted by atomic mass is 10.1. The number of rotatable bonds is 7. The normalized spacial score (nSPS) is 11.7. The van der Waals surface area contributed by atoms with Crippen LogP contribution in [0.2, 0.25) is 0 Å². The van der Waals surface area contributed by atoms with Gasteiger partial charge in [0.1, 0.15) is 5.75 Å². The van der Waals surface area contributed by atoms with Crippen LogP contribution in [0.25, 0.3) is 0 Å². The summed E-state index contributed by atoms with van der Waals surface area (Å²) >= 11 is 1.58. The molecule has 1 amide bonds. The SMILES string of the molecule is COc1ccc(C(NC(=O)CCc2cccs2)C(=O)O)cc1. The number of ether oxygens (including phenoxy) is 1. The van der Waals surface area contributed by atoms with E-state index in [0.717, 1.165) is 4.88 Å². The van der Waals surface area contributed by atoms with Crippen molar-refractivity contribution in [2.75, 3.05) is 7.11 Å². The maximum atomic E-state index is 12.0. The van der Waals surface area contributed by atoms with Crippen LogP contribution in [0.5, 0.6) is 5.75 Å². The number of carbonyl (C=O) groups is 2. The first-order valence-corrected chi connectivity index (χ1v) is 7.66. The van der Waals surface area contributed by atoms with E-state index in [9.17, 15) is 14.7 Å². The van der Waals surface area contributed by atoms with Gasteiger partial charge in [-0.05, 0) is 35.6 Å². The van der Waals surface area contributed by atoms with E-state index in [1.165, 1.54) is 7.11 Å². The smallest absolute Gasteiger partial charge is 0.330 e. The molecule has 1 heterocycles. The molecule has 5 nitrogen and oxygen atoms in total. The fourth-order valence-electron chi connectivity index (χ4n) is 2.01. The molecule has 0 radical (unpaired) electrons. The molecule has 0 fully saturated rings. The maximum absolute atomic E-state index is 12.0. The molecule has 2 aromatic rings. The second kappa shape index (κ2) is 7.61. The maximum Gasteiger partial charge on any atom is 0.330 e. The van der Waals surface area contributed by atoms with Crippen LogP contribution in [0, 0.1) is 0 Å². The van der Waals surface area contributed by atoms with Crippen LogP contribution in [-0.4, -0.2) is 24.1 Å². The summed E-state index contributed by atoms with van der Waals surface area (Å²) in [6.45, 7) is 0. The molecule has 2 N–H and O–H groups in total. The lowest BCUT2D eigenvalue weighted by Crippen LogP contribution is -2.33. The van der Waals surface area contributed by atoms with Crippen molar-refractivity contribution in [2.45, 2.75) is 18.9 Å². The fraction of sp³-hybridized carbons (Fsp3) is 0.250. The first kappa shape index (κ1) is 16.0. The third-order valence-corrected chi connectivity index (χ3v) is 4.12. The van der Waals surface area contributed by atoms with Gasteiger partial charge in [-0.2, -0.15) is 0 Å². The van der Waals surface area contributed by atoms with Gasteiger partial charge in [0.15, 0.2) is 6.04 Å². The Bertz CT molecular complexity index is 622. The molecule has 1 atom stereocenters. The number of benzene rings is 1. The average Bonchev–Trinajstić information content (AvgIpc) is 3.04. The van der Waals surface area contributed by atoms with E-state index >= 15 is 0 Å². The zero-order chi connectivity index (χ0) is 15.9. The number of methoxy groups -OCH3 is 1. The van der Waals surface area contributed by atoms with Crippen molar-refractivity contribution in [2.24, 2.45) is 0 Å². The molecule has 116 valence electrons. The summed E-state index contributed by atoms with van der Waals surface area (Å²) in [6, 6.07) is 9.44. The van der Waals surface area contributed by atoms with Crippen molar-refractivity contribution >= 4 is 23.2 Å². The highest BCUT2D eigenvalue weighted by atomic mass is 32.1. The number of carboxylic acids is 1. The molecule has 1 unspecified atom stereocenters. The van der Waals surface area contributed by atoms with E-state index in [2.05, 4.69) is 5.32 Å². The molecule has 6 heteroatoms. The molecule has 0 bridgehead atoms. The van der Waals surface area contributed by atoms with Gasteiger partial charge in [-0.3, -0.25) is 4.79 Å². The molecule has 2 rings (SSSR count). The zero-order valence-electron chi connectivity index (χ0n) is 12.1. The van der Waals surface area contributed by atoms with Crippen LogP contribution in [0.4, 0.5) is 0 Å². The number of hydrogen-bond acceptors (Lipinski definition) is 4. The predicted octanol–water partition coefficient (Wildman–Crippen LogP) is 2.63. The molecular formula is C16H17NO4S. The summed E-state index contributed by atoms with van der Waals surface area (Å²) in [6.07, 6.45) is 0.874. The third-order valence-electron chi connectivity index (χ3n) is 3.18. The van der Waals surface area contributed by atoms with E-state index < -0.39 is 12.0 Å². The monoisotopic (exact) mass is 319 g/mol. The fourth-order valence-corrected chi connectivity index (χ4v) is 2.72. The van der Waals surface area contributed by atoms with Gasteiger partial charge in [0.25, 0.3) is 0 Å². The number of hydrogen-bond donors (Lipinski definition) is 2. The highest BCUT2D eigenvalue weighted by Crippen LogP contribution is 2.18. The lowest BCUT2D eigenvalue weighted by molar-refractivity contribution is -0.142. The number of nitrogens with one attached hydrogen (secondary N) is 1. The van der Waals surface area contributed by atoms with Crippen LogP contribution in [0.3, 0.4) is 0 Å². The Hall–Kier alpha value is -2.34. The second-order valence-corrected chi connectivity index (χ2v) is 5.72. The van der Waals surface area contributed by atoms with Crippen molar-refractivity contribution in [1.29, 1.82) is 0 Å². The largest absolute Gasteiger partial charge is 0.497 e. The Morgan fingerprint density at radius 2 is 2.00 bits per heavy atom. The van der Waals surface area contributed by atoms with Gasteiger partial charge in [-0.15, -0.1) is 11.3 Å². The third kappa shape index (κ3) is 4.33. The summed E-state index contributed by atoms with van der Waals surface area (Å²) in [7, 11) is 1.54. The molecule has 0 saturated carbocycles. The van der Waals surface area contributed by atoms with Gasteiger partial charge in [0, 0.05) is 11.3 Å². The minimum atomic E-state index is -1.09. The van der Waals surface area contributed by atoms with Crippen LogP contribution in [0.1, 0.15) is 22.9 Å². The molecular weight excluding hydrogens is 302 g/mol. The molecule has 0 aliphatic heterocycles. The number of amides is 1. The van der Waals surface area contributed by atoms with Gasteiger partial charge in [0.2, 0.25) is 5.91 Å². The van der Waals surface area contributed by atoms with Crippen molar-refractivity contribution < 1.29 is 19.4 Å². The highest BCUT2D eigenvalue weighted by Gasteiger charge is 2.21. The quantitative estimate of drug-likeness (QED) is 0.822. The van der Waals surface area contributed by atoms with E-state index in [1.807, 2.05) is 17.5 Å². The van der Waals surface area contributed by atoms with Gasteiger partial charge in [0.05, 0.1) is 7.11 Å². The van der Waals surface area contributed by atoms with E-state index in [1.54, 1.807) is 35.6 Å². The Labute approximate surface area is 132 Å². The van der Waals surface area contributed by atoms with E-state index in [0.29, 0.717) is 17.7 Å². The van der Waals surface area contributed by atoms with E-state index in [4.69, 9.17) is 4.74 Å². The van der Waals surface area contributed by atoms with Gasteiger partial charge < -0.3 is 15.2 Å². The van der Waals surface area contributed by atoms with Gasteiger partial charge in [-0.25, -0.2) is 4.79 Å². The number of thiophene rings is 1. The zero-order valence-corrected chi connectivity index (χ0v) is 12.9. The number of carbonyl (C=O) groups excluding carboxylic acids is 1. The Morgan fingerprint density at radius 3 is 2.55 bits per heavy atom.